The van der Waals surface area contributed by atoms with Gasteiger partial charge >= 0.3 is 0 Å². The number of hydrogen-bond acceptors (Lipinski definition) is 6. The van der Waals surface area contributed by atoms with E-state index >= 15 is 0 Å². The summed E-state index contributed by atoms with van der Waals surface area (Å²) in [7, 11) is 0. The Kier molecular flexibility index (Phi) is 7.11. The van der Waals surface area contributed by atoms with Crippen molar-refractivity contribution in [2.45, 2.75) is 44.9 Å². The molecule has 3 aliphatic rings. The number of fused-ring (bicyclic) bond motifs is 6. The molecule has 1 saturated heterocycles. The van der Waals surface area contributed by atoms with E-state index in [4.69, 9.17) is 11.6 Å². The second kappa shape index (κ2) is 10.6. The number of nitrogens with zero attached hydrogens (tertiary/aromatic N) is 2. The molecule has 0 spiro atoms. The summed E-state index contributed by atoms with van der Waals surface area (Å²) in [5.41, 5.74) is 3.96. The Bertz CT molecular complexity index is 1110. The van der Waals surface area contributed by atoms with Crippen LogP contribution in [0.1, 0.15) is 44.1 Å². The van der Waals surface area contributed by atoms with E-state index in [2.05, 4.69) is 55.5 Å². The van der Waals surface area contributed by atoms with E-state index in [1.807, 2.05) is 12.1 Å². The van der Waals surface area contributed by atoms with Crippen LogP contribution in [0, 0.1) is 11.8 Å². The first-order chi connectivity index (χ1) is 16.6. The van der Waals surface area contributed by atoms with Gasteiger partial charge in [0.25, 0.3) is 0 Å². The molecule has 3 heterocycles. The average Bonchev–Trinajstić information content (AvgIpc) is 2.86. The van der Waals surface area contributed by atoms with E-state index in [-0.39, 0.29) is 5.91 Å². The summed E-state index contributed by atoms with van der Waals surface area (Å²) in [6.07, 6.45) is 14.6. The molecule has 34 heavy (non-hydrogen) atoms. The van der Waals surface area contributed by atoms with E-state index < -0.39 is 0 Å². The fourth-order valence-electron chi connectivity index (χ4n) is 4.89. The largest absolute Gasteiger partial charge is 0.339 e. The van der Waals surface area contributed by atoms with E-state index in [0.717, 1.165) is 74.2 Å². The van der Waals surface area contributed by atoms with Crippen LogP contribution in [-0.4, -0.2) is 29.0 Å². The van der Waals surface area contributed by atoms with Crippen LogP contribution in [0.2, 0.25) is 5.02 Å². The van der Waals surface area contributed by atoms with E-state index in [9.17, 15) is 4.79 Å². The molecule has 1 unspecified atom stereocenters. The van der Waals surface area contributed by atoms with Gasteiger partial charge in [-0.25, -0.2) is 4.98 Å². The molecule has 8 heteroatoms. The fraction of sp³-hybridized carbons (Fsp3) is 0.423. The molecule has 1 fully saturated rings. The van der Waals surface area contributed by atoms with Crippen LogP contribution in [0.5, 0.6) is 0 Å². The maximum atomic E-state index is 12.8. The first kappa shape index (κ1) is 22.9. The number of halogens is 1. The lowest BCUT2D eigenvalue weighted by atomic mass is 9.91. The lowest BCUT2D eigenvalue weighted by Gasteiger charge is -2.22. The molecule has 7 nitrogen and oxygen atoms in total. The third-order valence-electron chi connectivity index (χ3n) is 6.84. The Hall–Kier alpha value is -2.90. The Morgan fingerprint density at radius 1 is 1.18 bits per heavy atom. The highest BCUT2D eigenvalue weighted by Crippen LogP contribution is 2.31. The normalized spacial score (nSPS) is 20.0. The number of rotatable bonds is 4. The minimum absolute atomic E-state index is 0.0916. The highest BCUT2D eigenvalue weighted by atomic mass is 35.5. The molecule has 178 valence electrons. The number of hydrogen-bond donors (Lipinski definition) is 4. The summed E-state index contributed by atoms with van der Waals surface area (Å²) in [4.78, 5) is 21.7. The number of anilines is 4. The number of amides is 1. The summed E-state index contributed by atoms with van der Waals surface area (Å²) in [5.74, 6) is 2.20. The summed E-state index contributed by atoms with van der Waals surface area (Å²) in [5, 5.41) is 13.7. The summed E-state index contributed by atoms with van der Waals surface area (Å²) in [6.45, 7) is 2.12. The van der Waals surface area contributed by atoms with Gasteiger partial charge in [-0.2, -0.15) is 4.98 Å². The quantitative estimate of drug-likeness (QED) is 0.469. The number of carbonyl (C=O) groups excluding carboxylic acids is 1. The van der Waals surface area contributed by atoms with Crippen LogP contribution in [0.3, 0.4) is 0 Å². The van der Waals surface area contributed by atoms with Crippen LogP contribution in [-0.2, 0) is 11.2 Å². The molecule has 1 aromatic carbocycles. The third-order valence-corrected chi connectivity index (χ3v) is 7.12. The van der Waals surface area contributed by atoms with Crippen molar-refractivity contribution < 1.29 is 4.79 Å². The number of benzene rings is 1. The van der Waals surface area contributed by atoms with E-state index in [0.29, 0.717) is 35.0 Å². The van der Waals surface area contributed by atoms with Crippen LogP contribution in [0.15, 0.2) is 48.3 Å². The van der Waals surface area contributed by atoms with Crippen LogP contribution in [0.4, 0.5) is 23.1 Å². The number of aryl methyl sites for hydroxylation is 1. The molecular weight excluding hydrogens is 448 g/mol. The number of allylic oxidation sites excluding steroid dienone is 4. The summed E-state index contributed by atoms with van der Waals surface area (Å²) < 4.78 is 0. The summed E-state index contributed by atoms with van der Waals surface area (Å²) >= 11 is 6.37. The van der Waals surface area contributed by atoms with E-state index in [1.165, 1.54) is 0 Å². The average molecular weight is 479 g/mol. The molecule has 1 aliphatic carbocycles. The van der Waals surface area contributed by atoms with Gasteiger partial charge in [0.1, 0.15) is 5.02 Å². The first-order valence-corrected chi connectivity index (χ1v) is 12.6. The second-order valence-electron chi connectivity index (χ2n) is 9.37. The fourth-order valence-corrected chi connectivity index (χ4v) is 5.03. The lowest BCUT2D eigenvalue weighted by molar-refractivity contribution is -0.116. The van der Waals surface area contributed by atoms with Crippen molar-refractivity contribution >= 4 is 40.6 Å². The number of nitrogens with one attached hydrogen (secondary N) is 4. The van der Waals surface area contributed by atoms with Gasteiger partial charge in [-0.05, 0) is 93.3 Å². The maximum absolute atomic E-state index is 12.8. The van der Waals surface area contributed by atoms with Gasteiger partial charge in [0.2, 0.25) is 11.9 Å². The minimum atomic E-state index is 0.0916. The number of piperidine rings is 1. The molecule has 0 saturated carbocycles. The van der Waals surface area contributed by atoms with Gasteiger partial charge in [-0.15, -0.1) is 0 Å². The Morgan fingerprint density at radius 2 is 2.06 bits per heavy atom. The van der Waals surface area contributed by atoms with Gasteiger partial charge in [-0.1, -0.05) is 23.8 Å². The van der Waals surface area contributed by atoms with Gasteiger partial charge in [-0.3, -0.25) is 4.79 Å². The number of carbonyl (C=O) groups is 1. The molecular formula is C26H31ClN6O. The van der Waals surface area contributed by atoms with Crippen molar-refractivity contribution in [3.63, 3.8) is 0 Å². The molecule has 2 aromatic rings. The Labute approximate surface area is 205 Å². The van der Waals surface area contributed by atoms with Crippen molar-refractivity contribution in [3.05, 3.63) is 58.9 Å². The Balaban J connectivity index is 1.36. The van der Waals surface area contributed by atoms with E-state index in [1.54, 1.807) is 6.20 Å². The third kappa shape index (κ3) is 5.77. The number of aromatic nitrogens is 2. The monoisotopic (exact) mass is 478 g/mol. The SMILES string of the molecule is O=C(CCC1CCNCC1)Nc1ccc2cc1CCC1C=CC=C(C1)Nc1ncc(Cl)c(n1)N2. The molecule has 1 aromatic heterocycles. The molecule has 5 rings (SSSR count). The summed E-state index contributed by atoms with van der Waals surface area (Å²) in [6, 6.07) is 6.03. The van der Waals surface area contributed by atoms with Gasteiger partial charge in [0, 0.05) is 23.5 Å². The predicted molar refractivity (Wildman–Crippen MR) is 137 cm³/mol. The topological polar surface area (TPSA) is 91.0 Å². The van der Waals surface area contributed by atoms with Crippen molar-refractivity contribution in [1.82, 2.24) is 15.3 Å². The highest BCUT2D eigenvalue weighted by molar-refractivity contribution is 6.32. The van der Waals surface area contributed by atoms with Crippen LogP contribution >= 0.6 is 11.6 Å². The maximum Gasteiger partial charge on any atom is 0.228 e. The predicted octanol–water partition coefficient (Wildman–Crippen LogP) is 5.41. The molecule has 1 atom stereocenters. The first-order valence-electron chi connectivity index (χ1n) is 12.2. The molecule has 2 aliphatic heterocycles. The second-order valence-corrected chi connectivity index (χ2v) is 9.78. The Morgan fingerprint density at radius 3 is 2.94 bits per heavy atom. The van der Waals surface area contributed by atoms with Gasteiger partial charge in [0.15, 0.2) is 5.82 Å². The smallest absolute Gasteiger partial charge is 0.228 e. The molecule has 6 bridgehead atoms. The zero-order valence-electron chi connectivity index (χ0n) is 19.2. The van der Waals surface area contributed by atoms with Crippen LogP contribution < -0.4 is 21.3 Å². The van der Waals surface area contributed by atoms with Crippen molar-refractivity contribution in [2.75, 3.05) is 29.0 Å². The minimum Gasteiger partial charge on any atom is -0.339 e. The van der Waals surface area contributed by atoms with Crippen LogP contribution in [0.25, 0.3) is 0 Å². The van der Waals surface area contributed by atoms with Gasteiger partial charge < -0.3 is 21.3 Å². The standard InChI is InChI=1S/C26H31ClN6O/c27-22-16-29-26-31-20-3-1-2-18(14-20)4-6-19-15-21(30-25(22)33-26)7-8-23(19)32-24(34)9-5-17-10-12-28-13-11-17/h1-3,7-8,15-18,28H,4-6,9-14H2,(H,32,34)(H2,29,30,31,33). The molecule has 0 radical (unpaired) electrons. The van der Waals surface area contributed by atoms with Crippen molar-refractivity contribution in [3.8, 4) is 0 Å². The lowest BCUT2D eigenvalue weighted by Crippen LogP contribution is -2.28. The molecule has 1 amide bonds. The zero-order valence-corrected chi connectivity index (χ0v) is 20.0. The van der Waals surface area contributed by atoms with Crippen molar-refractivity contribution in [2.24, 2.45) is 11.8 Å². The van der Waals surface area contributed by atoms with Crippen molar-refractivity contribution in [1.29, 1.82) is 0 Å². The van der Waals surface area contributed by atoms with Gasteiger partial charge in [0.05, 0.1) is 6.20 Å². The molecule has 4 N–H and O–H groups in total. The highest BCUT2D eigenvalue weighted by Gasteiger charge is 2.18. The zero-order chi connectivity index (χ0) is 23.3.